The molecule has 0 bridgehead atoms. The van der Waals surface area contributed by atoms with Gasteiger partial charge in [0, 0.05) is 18.0 Å². The zero-order valence-electron chi connectivity index (χ0n) is 11.4. The van der Waals surface area contributed by atoms with Crippen LogP contribution >= 0.6 is 0 Å². The molecule has 20 heavy (non-hydrogen) atoms. The van der Waals surface area contributed by atoms with Crippen LogP contribution in [0.15, 0.2) is 40.9 Å². The summed E-state index contributed by atoms with van der Waals surface area (Å²) >= 11 is 0. The van der Waals surface area contributed by atoms with Gasteiger partial charge in [0.1, 0.15) is 0 Å². The van der Waals surface area contributed by atoms with E-state index in [4.69, 9.17) is 14.9 Å². The van der Waals surface area contributed by atoms with Crippen molar-refractivity contribution < 1.29 is 13.9 Å². The van der Waals surface area contributed by atoms with E-state index < -0.39 is 0 Å². The van der Waals surface area contributed by atoms with Gasteiger partial charge in [0.2, 0.25) is 0 Å². The molecule has 5 nitrogen and oxygen atoms in total. The van der Waals surface area contributed by atoms with Crippen LogP contribution in [0.1, 0.15) is 19.2 Å². The van der Waals surface area contributed by atoms with Crippen molar-refractivity contribution in [1.29, 1.82) is 0 Å². The van der Waals surface area contributed by atoms with Gasteiger partial charge in [-0.25, -0.2) is 4.98 Å². The molecule has 0 saturated heterocycles. The second kappa shape index (κ2) is 6.86. The van der Waals surface area contributed by atoms with Gasteiger partial charge in [-0.2, -0.15) is 0 Å². The van der Waals surface area contributed by atoms with Crippen LogP contribution in [-0.2, 0) is 16.0 Å². The monoisotopic (exact) mass is 274 g/mol. The summed E-state index contributed by atoms with van der Waals surface area (Å²) in [5.74, 6) is 0.930. The van der Waals surface area contributed by atoms with Crippen LogP contribution in [0.25, 0.3) is 11.3 Å². The normalized spacial score (nSPS) is 12.1. The Morgan fingerprint density at radius 3 is 2.85 bits per heavy atom. The third-order valence-corrected chi connectivity index (χ3v) is 2.78. The van der Waals surface area contributed by atoms with E-state index in [0.29, 0.717) is 24.7 Å². The minimum Gasteiger partial charge on any atom is -0.466 e. The lowest BCUT2D eigenvalue weighted by molar-refractivity contribution is -0.143. The average molecular weight is 274 g/mol. The smallest absolute Gasteiger partial charge is 0.307 e. The maximum absolute atomic E-state index is 11.3. The quantitative estimate of drug-likeness (QED) is 0.817. The summed E-state index contributed by atoms with van der Waals surface area (Å²) < 4.78 is 10.5. The molecule has 2 N–H and O–H groups in total. The Morgan fingerprint density at radius 2 is 2.15 bits per heavy atom. The number of benzene rings is 1. The number of carbonyl (C=O) groups excluding carboxylic acids is 1. The molecule has 106 valence electrons. The highest BCUT2D eigenvalue weighted by atomic mass is 16.5. The van der Waals surface area contributed by atoms with Gasteiger partial charge in [-0.05, 0) is 6.92 Å². The molecule has 0 unspecified atom stereocenters. The van der Waals surface area contributed by atoms with E-state index >= 15 is 0 Å². The van der Waals surface area contributed by atoms with Crippen molar-refractivity contribution in [3.63, 3.8) is 0 Å². The summed E-state index contributed by atoms with van der Waals surface area (Å²) in [7, 11) is 0. The molecule has 1 aromatic carbocycles. The van der Waals surface area contributed by atoms with E-state index in [2.05, 4.69) is 4.98 Å². The molecule has 0 aliphatic rings. The topological polar surface area (TPSA) is 78.4 Å². The summed E-state index contributed by atoms with van der Waals surface area (Å²) in [6.07, 6.45) is 2.24. The molecular formula is C15H18N2O3. The van der Waals surface area contributed by atoms with Crippen molar-refractivity contribution in [1.82, 2.24) is 4.98 Å². The molecule has 5 heteroatoms. The number of aromatic nitrogens is 1. The molecule has 1 heterocycles. The average Bonchev–Trinajstić information content (AvgIpc) is 2.88. The van der Waals surface area contributed by atoms with Gasteiger partial charge in [0.15, 0.2) is 11.7 Å². The summed E-state index contributed by atoms with van der Waals surface area (Å²) in [4.78, 5) is 15.5. The Balaban J connectivity index is 1.94. The van der Waals surface area contributed by atoms with Gasteiger partial charge >= 0.3 is 5.97 Å². The largest absolute Gasteiger partial charge is 0.466 e. The molecule has 0 aliphatic heterocycles. The third kappa shape index (κ3) is 3.93. The number of ether oxygens (including phenoxy) is 1. The van der Waals surface area contributed by atoms with Crippen molar-refractivity contribution in [2.45, 2.75) is 25.8 Å². The third-order valence-electron chi connectivity index (χ3n) is 2.78. The van der Waals surface area contributed by atoms with Crippen LogP contribution < -0.4 is 5.73 Å². The Bertz CT molecular complexity index is 551. The predicted molar refractivity (Wildman–Crippen MR) is 74.9 cm³/mol. The van der Waals surface area contributed by atoms with E-state index in [1.54, 1.807) is 13.1 Å². The Morgan fingerprint density at radius 1 is 1.40 bits per heavy atom. The van der Waals surface area contributed by atoms with Crippen molar-refractivity contribution >= 4 is 5.97 Å². The lowest BCUT2D eigenvalue weighted by Crippen LogP contribution is -2.27. The number of rotatable bonds is 6. The zero-order valence-corrected chi connectivity index (χ0v) is 11.4. The Hall–Kier alpha value is -2.14. The molecule has 0 spiro atoms. The first kappa shape index (κ1) is 14.3. The first-order valence-electron chi connectivity index (χ1n) is 6.60. The van der Waals surface area contributed by atoms with Crippen LogP contribution in [0.5, 0.6) is 0 Å². The number of oxazole rings is 1. The van der Waals surface area contributed by atoms with Gasteiger partial charge in [-0.1, -0.05) is 30.3 Å². The van der Waals surface area contributed by atoms with Crippen LogP contribution in [-0.4, -0.2) is 23.6 Å². The van der Waals surface area contributed by atoms with E-state index in [1.807, 2.05) is 30.3 Å². The van der Waals surface area contributed by atoms with Crippen LogP contribution in [0, 0.1) is 0 Å². The molecule has 1 aromatic heterocycles. The van der Waals surface area contributed by atoms with Crippen LogP contribution in [0.3, 0.4) is 0 Å². The Kier molecular flexibility index (Phi) is 4.90. The fourth-order valence-electron chi connectivity index (χ4n) is 1.87. The lowest BCUT2D eigenvalue weighted by Gasteiger charge is -2.08. The van der Waals surface area contributed by atoms with Crippen LogP contribution in [0.2, 0.25) is 0 Å². The standard InChI is InChI=1S/C15H18N2O3/c1-2-19-15(18)9-12(16)8-14-17-10-13(20-14)11-6-4-3-5-7-11/h3-7,10,12H,2,8-9,16H2,1H3/t12-/m0/s1. The second-order valence-electron chi connectivity index (χ2n) is 4.46. The maximum atomic E-state index is 11.3. The highest BCUT2D eigenvalue weighted by molar-refractivity contribution is 5.70. The summed E-state index contributed by atoms with van der Waals surface area (Å²) in [5, 5.41) is 0. The Labute approximate surface area is 117 Å². The predicted octanol–water partition coefficient (Wildman–Crippen LogP) is 2.16. The molecule has 0 amide bonds. The van der Waals surface area contributed by atoms with Crippen molar-refractivity contribution in [2.75, 3.05) is 6.61 Å². The minimum atomic E-state index is -0.351. The molecular weight excluding hydrogens is 256 g/mol. The van der Waals surface area contributed by atoms with Gasteiger partial charge in [0.05, 0.1) is 19.2 Å². The number of nitrogens with two attached hydrogens (primary N) is 1. The van der Waals surface area contributed by atoms with Crippen LogP contribution in [0.4, 0.5) is 0 Å². The highest BCUT2D eigenvalue weighted by Gasteiger charge is 2.14. The van der Waals surface area contributed by atoms with E-state index in [9.17, 15) is 4.79 Å². The number of hydrogen-bond donors (Lipinski definition) is 1. The van der Waals surface area contributed by atoms with E-state index in [0.717, 1.165) is 5.56 Å². The van der Waals surface area contributed by atoms with E-state index in [-0.39, 0.29) is 18.4 Å². The maximum Gasteiger partial charge on any atom is 0.307 e. The van der Waals surface area contributed by atoms with Crippen molar-refractivity contribution in [2.24, 2.45) is 5.73 Å². The van der Waals surface area contributed by atoms with Gasteiger partial charge in [-0.3, -0.25) is 4.79 Å². The second-order valence-corrected chi connectivity index (χ2v) is 4.46. The van der Waals surface area contributed by atoms with E-state index in [1.165, 1.54) is 0 Å². The SMILES string of the molecule is CCOC(=O)C[C@@H](N)Cc1ncc(-c2ccccc2)o1. The summed E-state index contributed by atoms with van der Waals surface area (Å²) in [6.45, 7) is 2.13. The van der Waals surface area contributed by atoms with Gasteiger partial charge in [-0.15, -0.1) is 0 Å². The minimum absolute atomic E-state index is 0.164. The fourth-order valence-corrected chi connectivity index (χ4v) is 1.87. The number of esters is 1. The number of carbonyl (C=O) groups is 1. The van der Waals surface area contributed by atoms with Crippen molar-refractivity contribution in [3.8, 4) is 11.3 Å². The lowest BCUT2D eigenvalue weighted by atomic mass is 10.1. The molecule has 0 fully saturated rings. The zero-order chi connectivity index (χ0) is 14.4. The highest BCUT2D eigenvalue weighted by Crippen LogP contribution is 2.20. The first-order chi connectivity index (χ1) is 9.69. The molecule has 1 atom stereocenters. The molecule has 0 radical (unpaired) electrons. The van der Waals surface area contributed by atoms with Gasteiger partial charge < -0.3 is 14.9 Å². The van der Waals surface area contributed by atoms with Crippen molar-refractivity contribution in [3.05, 3.63) is 42.4 Å². The molecule has 0 aliphatic carbocycles. The molecule has 2 aromatic rings. The fraction of sp³-hybridized carbons (Fsp3) is 0.333. The molecule has 0 saturated carbocycles. The van der Waals surface area contributed by atoms with Gasteiger partial charge in [0.25, 0.3) is 0 Å². The summed E-state index contributed by atoms with van der Waals surface area (Å²) in [5.41, 5.74) is 6.85. The number of hydrogen-bond acceptors (Lipinski definition) is 5. The first-order valence-corrected chi connectivity index (χ1v) is 6.60. The molecule has 2 rings (SSSR count). The summed E-state index contributed by atoms with van der Waals surface area (Å²) in [6, 6.07) is 9.35. The number of nitrogens with zero attached hydrogens (tertiary/aromatic N) is 1.